The maximum absolute atomic E-state index is 9.54. The number of benzene rings is 1. The summed E-state index contributed by atoms with van der Waals surface area (Å²) in [5, 5.41) is 9.54. The number of nitrogens with zero attached hydrogens (tertiary/aromatic N) is 2. The van der Waals surface area contributed by atoms with E-state index in [4.69, 9.17) is 0 Å². The first-order valence-electron chi connectivity index (χ1n) is 7.05. The molecular formula is C15H21BrN2O. The minimum absolute atomic E-state index is 0.114. The fourth-order valence-corrected chi connectivity index (χ4v) is 3.84. The van der Waals surface area contributed by atoms with Crippen molar-refractivity contribution in [1.82, 2.24) is 4.90 Å². The zero-order chi connectivity index (χ0) is 13.4. The third-order valence-electron chi connectivity index (χ3n) is 4.71. The zero-order valence-electron chi connectivity index (χ0n) is 11.3. The summed E-state index contributed by atoms with van der Waals surface area (Å²) in [6.45, 7) is 2.29. The summed E-state index contributed by atoms with van der Waals surface area (Å²) in [6.07, 6.45) is 3.88. The van der Waals surface area contributed by atoms with E-state index >= 15 is 0 Å². The van der Waals surface area contributed by atoms with Crippen molar-refractivity contribution in [1.29, 1.82) is 0 Å². The van der Waals surface area contributed by atoms with Gasteiger partial charge in [0.15, 0.2) is 0 Å². The third kappa shape index (κ3) is 2.54. The highest BCUT2D eigenvalue weighted by Crippen LogP contribution is 2.33. The van der Waals surface area contributed by atoms with Gasteiger partial charge in [-0.15, -0.1) is 0 Å². The number of halogens is 1. The molecule has 1 aromatic rings. The van der Waals surface area contributed by atoms with Crippen LogP contribution in [0.4, 0.5) is 5.69 Å². The first-order valence-corrected chi connectivity index (χ1v) is 7.84. The molecule has 19 heavy (non-hydrogen) atoms. The van der Waals surface area contributed by atoms with Gasteiger partial charge in [-0.25, -0.2) is 0 Å². The van der Waals surface area contributed by atoms with E-state index in [9.17, 15) is 5.11 Å². The van der Waals surface area contributed by atoms with Crippen LogP contribution in [0.2, 0.25) is 0 Å². The molecular weight excluding hydrogens is 304 g/mol. The molecule has 2 fully saturated rings. The van der Waals surface area contributed by atoms with Gasteiger partial charge in [0.1, 0.15) is 0 Å². The number of hydrogen-bond donors (Lipinski definition) is 1. The largest absolute Gasteiger partial charge is 0.392 e. The Morgan fingerprint density at radius 2 is 2.05 bits per heavy atom. The fraction of sp³-hybridized carbons (Fsp3) is 0.600. The molecule has 0 saturated carbocycles. The molecule has 104 valence electrons. The second kappa shape index (κ2) is 5.43. The van der Waals surface area contributed by atoms with E-state index in [1.165, 1.54) is 24.9 Å². The van der Waals surface area contributed by atoms with Gasteiger partial charge in [0.25, 0.3) is 0 Å². The Bertz CT molecular complexity index is 465. The Morgan fingerprint density at radius 1 is 1.26 bits per heavy atom. The lowest BCUT2D eigenvalue weighted by Crippen LogP contribution is -2.37. The van der Waals surface area contributed by atoms with Crippen LogP contribution < -0.4 is 4.90 Å². The third-order valence-corrected chi connectivity index (χ3v) is 5.20. The van der Waals surface area contributed by atoms with Gasteiger partial charge in [-0.1, -0.05) is 22.0 Å². The number of fused-ring (bicyclic) bond motifs is 2. The van der Waals surface area contributed by atoms with Gasteiger partial charge in [-0.2, -0.15) is 0 Å². The molecule has 2 heterocycles. The highest BCUT2D eigenvalue weighted by Gasteiger charge is 2.35. The van der Waals surface area contributed by atoms with Crippen LogP contribution >= 0.6 is 15.9 Å². The van der Waals surface area contributed by atoms with Crippen LogP contribution in [-0.2, 0) is 6.61 Å². The van der Waals surface area contributed by atoms with E-state index in [0.29, 0.717) is 6.04 Å². The van der Waals surface area contributed by atoms with Crippen molar-refractivity contribution in [2.45, 2.75) is 38.0 Å². The number of aliphatic hydroxyl groups excluding tert-OH is 1. The van der Waals surface area contributed by atoms with Crippen molar-refractivity contribution in [2.24, 2.45) is 0 Å². The summed E-state index contributed by atoms with van der Waals surface area (Å²) < 4.78 is 1.09. The van der Waals surface area contributed by atoms with E-state index in [1.807, 2.05) is 12.1 Å². The second-order valence-electron chi connectivity index (χ2n) is 5.72. The quantitative estimate of drug-likeness (QED) is 0.905. The summed E-state index contributed by atoms with van der Waals surface area (Å²) in [5.74, 6) is 0. The topological polar surface area (TPSA) is 26.7 Å². The maximum atomic E-state index is 9.54. The van der Waals surface area contributed by atoms with Crippen molar-refractivity contribution in [2.75, 3.05) is 25.0 Å². The Balaban J connectivity index is 1.88. The van der Waals surface area contributed by atoms with Crippen molar-refractivity contribution < 1.29 is 5.11 Å². The summed E-state index contributed by atoms with van der Waals surface area (Å²) >= 11 is 3.55. The highest BCUT2D eigenvalue weighted by atomic mass is 79.9. The molecule has 2 saturated heterocycles. The number of aliphatic hydroxyl groups is 1. The molecule has 0 aliphatic carbocycles. The van der Waals surface area contributed by atoms with Crippen molar-refractivity contribution in [3.63, 3.8) is 0 Å². The molecule has 2 aliphatic rings. The van der Waals surface area contributed by atoms with Gasteiger partial charge >= 0.3 is 0 Å². The molecule has 2 unspecified atom stereocenters. The second-order valence-corrected chi connectivity index (χ2v) is 6.63. The maximum Gasteiger partial charge on any atom is 0.0702 e. The number of hydrogen-bond acceptors (Lipinski definition) is 3. The predicted molar refractivity (Wildman–Crippen MR) is 81.5 cm³/mol. The van der Waals surface area contributed by atoms with E-state index in [1.54, 1.807) is 0 Å². The molecule has 2 bridgehead atoms. The molecule has 1 N–H and O–H groups in total. The van der Waals surface area contributed by atoms with Crippen LogP contribution in [0.1, 0.15) is 24.8 Å². The minimum atomic E-state index is 0.114. The average molecular weight is 325 g/mol. The Labute approximate surface area is 123 Å². The predicted octanol–water partition coefficient (Wildman–Crippen LogP) is 2.61. The highest BCUT2D eigenvalue weighted by molar-refractivity contribution is 9.10. The molecule has 3 nitrogen and oxygen atoms in total. The fourth-order valence-electron chi connectivity index (χ4n) is 3.49. The van der Waals surface area contributed by atoms with Crippen LogP contribution in [0.3, 0.4) is 0 Å². The SMILES string of the molecule is CN1C2CCC1CN(c1cc(Br)ccc1CO)CC2. The van der Waals surface area contributed by atoms with Gasteiger partial charge in [0, 0.05) is 40.9 Å². The zero-order valence-corrected chi connectivity index (χ0v) is 12.9. The smallest absolute Gasteiger partial charge is 0.0702 e. The van der Waals surface area contributed by atoms with Crippen molar-refractivity contribution in [3.05, 3.63) is 28.2 Å². The molecule has 1 aromatic carbocycles. The molecule has 4 heteroatoms. The van der Waals surface area contributed by atoms with E-state index in [-0.39, 0.29) is 6.61 Å². The normalized spacial score (nSPS) is 27.6. The van der Waals surface area contributed by atoms with E-state index < -0.39 is 0 Å². The average Bonchev–Trinajstić information content (AvgIpc) is 2.63. The molecule has 2 atom stereocenters. The molecule has 0 radical (unpaired) electrons. The van der Waals surface area contributed by atoms with Gasteiger partial charge in [0.2, 0.25) is 0 Å². The lowest BCUT2D eigenvalue weighted by atomic mass is 10.1. The van der Waals surface area contributed by atoms with Gasteiger partial charge in [0.05, 0.1) is 6.61 Å². The van der Waals surface area contributed by atoms with E-state index in [0.717, 1.165) is 29.2 Å². The molecule has 0 amide bonds. The van der Waals surface area contributed by atoms with Crippen LogP contribution in [0.5, 0.6) is 0 Å². The minimum Gasteiger partial charge on any atom is -0.392 e. The first kappa shape index (κ1) is 13.4. The Morgan fingerprint density at radius 3 is 2.84 bits per heavy atom. The number of likely N-dealkylation sites (N-methyl/N-ethyl adjacent to an activating group) is 1. The first-order chi connectivity index (χ1) is 9.19. The summed E-state index contributed by atoms with van der Waals surface area (Å²) in [7, 11) is 2.26. The van der Waals surface area contributed by atoms with Crippen LogP contribution in [-0.4, -0.2) is 42.2 Å². The van der Waals surface area contributed by atoms with Crippen LogP contribution in [0.15, 0.2) is 22.7 Å². The molecule has 0 aromatic heterocycles. The lowest BCUT2D eigenvalue weighted by molar-refractivity contribution is 0.254. The Kier molecular flexibility index (Phi) is 3.83. The lowest BCUT2D eigenvalue weighted by Gasteiger charge is -2.29. The van der Waals surface area contributed by atoms with Crippen molar-refractivity contribution in [3.8, 4) is 0 Å². The van der Waals surface area contributed by atoms with E-state index in [2.05, 4.69) is 38.8 Å². The van der Waals surface area contributed by atoms with Crippen LogP contribution in [0.25, 0.3) is 0 Å². The van der Waals surface area contributed by atoms with Gasteiger partial charge < -0.3 is 10.0 Å². The summed E-state index contributed by atoms with van der Waals surface area (Å²) in [4.78, 5) is 5.01. The van der Waals surface area contributed by atoms with Crippen LogP contribution in [0, 0.1) is 0 Å². The van der Waals surface area contributed by atoms with Gasteiger partial charge in [-0.05, 0) is 38.4 Å². The standard InChI is InChI=1S/C15H21BrN2O/c1-17-13-4-5-14(17)9-18(7-6-13)15-8-12(16)3-2-11(15)10-19/h2-3,8,13-14,19H,4-7,9-10H2,1H3. The summed E-state index contributed by atoms with van der Waals surface area (Å²) in [6, 6.07) is 7.58. The monoisotopic (exact) mass is 324 g/mol. The Hall–Kier alpha value is -0.580. The molecule has 0 spiro atoms. The molecule has 3 rings (SSSR count). The number of rotatable bonds is 2. The van der Waals surface area contributed by atoms with Crippen molar-refractivity contribution >= 4 is 21.6 Å². The molecule has 2 aliphatic heterocycles. The summed E-state index contributed by atoms with van der Waals surface area (Å²) in [5.41, 5.74) is 2.22. The number of anilines is 1. The van der Waals surface area contributed by atoms with Gasteiger partial charge in [-0.3, -0.25) is 4.90 Å².